The molecule has 9 heteroatoms. The number of halogens is 3. The van der Waals surface area contributed by atoms with Gasteiger partial charge in [-0.1, -0.05) is 19.3 Å². The highest BCUT2D eigenvalue weighted by atomic mass is 19.4. The highest BCUT2D eigenvalue weighted by Gasteiger charge is 2.32. The molecule has 1 aliphatic rings. The van der Waals surface area contributed by atoms with Crippen LogP contribution in [-0.4, -0.2) is 43.2 Å². The van der Waals surface area contributed by atoms with E-state index in [0.717, 1.165) is 25.1 Å². The van der Waals surface area contributed by atoms with E-state index in [9.17, 15) is 13.2 Å². The molecule has 0 N–H and O–H groups in total. The maximum Gasteiger partial charge on any atom is 0.433 e. The molecule has 1 fully saturated rings. The van der Waals surface area contributed by atoms with Gasteiger partial charge in [-0.3, -0.25) is 4.90 Å². The zero-order valence-corrected chi connectivity index (χ0v) is 13.4. The van der Waals surface area contributed by atoms with Crippen molar-refractivity contribution in [3.63, 3.8) is 0 Å². The van der Waals surface area contributed by atoms with Crippen LogP contribution < -0.4 is 0 Å². The Morgan fingerprint density at radius 3 is 2.58 bits per heavy atom. The average Bonchev–Trinajstić information content (AvgIpc) is 3.03. The molecule has 6 nitrogen and oxygen atoms in total. The first kappa shape index (κ1) is 16.8. The van der Waals surface area contributed by atoms with Crippen LogP contribution >= 0.6 is 0 Å². The quantitative estimate of drug-likeness (QED) is 0.856. The summed E-state index contributed by atoms with van der Waals surface area (Å²) in [6.45, 7) is 0.540. The Morgan fingerprint density at radius 2 is 1.96 bits per heavy atom. The lowest BCUT2D eigenvalue weighted by atomic mass is 9.94. The van der Waals surface area contributed by atoms with Crippen LogP contribution in [0.2, 0.25) is 0 Å². The second-order valence-corrected chi connectivity index (χ2v) is 6.11. The van der Waals surface area contributed by atoms with Crippen LogP contribution in [0.4, 0.5) is 13.2 Å². The van der Waals surface area contributed by atoms with E-state index in [1.54, 1.807) is 0 Å². The molecule has 0 amide bonds. The van der Waals surface area contributed by atoms with Crippen molar-refractivity contribution in [1.29, 1.82) is 0 Å². The van der Waals surface area contributed by atoms with E-state index in [1.165, 1.54) is 30.0 Å². The minimum absolute atomic E-state index is 0.417. The van der Waals surface area contributed by atoms with E-state index < -0.39 is 11.9 Å². The summed E-state index contributed by atoms with van der Waals surface area (Å²) in [7, 11) is 2.03. The Kier molecular flexibility index (Phi) is 4.79. The Labute approximate surface area is 137 Å². The monoisotopic (exact) mass is 340 g/mol. The van der Waals surface area contributed by atoms with Crippen molar-refractivity contribution in [3.8, 4) is 5.69 Å². The first-order chi connectivity index (χ1) is 11.4. The highest BCUT2D eigenvalue weighted by molar-refractivity contribution is 5.29. The third-order valence-corrected chi connectivity index (χ3v) is 4.41. The predicted molar refractivity (Wildman–Crippen MR) is 80.3 cm³/mol. The van der Waals surface area contributed by atoms with Crippen LogP contribution in [0, 0.1) is 0 Å². The van der Waals surface area contributed by atoms with Gasteiger partial charge in [0, 0.05) is 6.04 Å². The van der Waals surface area contributed by atoms with Gasteiger partial charge in [-0.25, -0.2) is 4.98 Å². The molecule has 130 valence electrons. The standard InChI is InChI=1S/C15H19F3N6/c1-23(11-5-3-2-4-6-11)10-14-20-21-22-24(14)12-7-8-13(19-9-12)15(16,17)18/h7-9,11H,2-6,10H2,1H3. The molecule has 0 aliphatic heterocycles. The second-order valence-electron chi connectivity index (χ2n) is 6.11. The summed E-state index contributed by atoms with van der Waals surface area (Å²) >= 11 is 0. The first-order valence-electron chi connectivity index (χ1n) is 7.96. The summed E-state index contributed by atoms with van der Waals surface area (Å²) in [5.41, 5.74) is -0.514. The van der Waals surface area contributed by atoms with Crippen LogP contribution in [0.1, 0.15) is 43.6 Å². The highest BCUT2D eigenvalue weighted by Crippen LogP contribution is 2.28. The molecule has 0 atom stereocenters. The molecular weight excluding hydrogens is 321 g/mol. The number of hydrogen-bond donors (Lipinski definition) is 0. The molecule has 3 rings (SSSR count). The number of rotatable bonds is 4. The number of aromatic nitrogens is 5. The summed E-state index contributed by atoms with van der Waals surface area (Å²) < 4.78 is 39.2. The lowest BCUT2D eigenvalue weighted by molar-refractivity contribution is -0.141. The topological polar surface area (TPSA) is 59.7 Å². The van der Waals surface area contributed by atoms with Gasteiger partial charge in [0.2, 0.25) is 0 Å². The number of hydrogen-bond acceptors (Lipinski definition) is 5. The number of tetrazole rings is 1. The molecule has 1 saturated carbocycles. The minimum atomic E-state index is -4.46. The van der Waals surface area contributed by atoms with Gasteiger partial charge in [0.1, 0.15) is 5.69 Å². The second kappa shape index (κ2) is 6.84. The van der Waals surface area contributed by atoms with Crippen LogP contribution in [0.15, 0.2) is 18.3 Å². The van der Waals surface area contributed by atoms with Crippen molar-refractivity contribution < 1.29 is 13.2 Å². The van der Waals surface area contributed by atoms with Crippen LogP contribution in [0.5, 0.6) is 0 Å². The normalized spacial score (nSPS) is 16.7. The van der Waals surface area contributed by atoms with E-state index in [0.29, 0.717) is 24.1 Å². The van der Waals surface area contributed by atoms with Gasteiger partial charge in [-0.05, 0) is 42.4 Å². The summed E-state index contributed by atoms with van der Waals surface area (Å²) in [5.74, 6) is 0.588. The molecule has 0 unspecified atom stereocenters. The van der Waals surface area contributed by atoms with Gasteiger partial charge < -0.3 is 0 Å². The smallest absolute Gasteiger partial charge is 0.296 e. The Morgan fingerprint density at radius 1 is 1.21 bits per heavy atom. The summed E-state index contributed by atoms with van der Waals surface area (Å²) in [6, 6.07) is 2.76. The van der Waals surface area contributed by atoms with Gasteiger partial charge >= 0.3 is 6.18 Å². The van der Waals surface area contributed by atoms with Gasteiger partial charge in [-0.2, -0.15) is 17.9 Å². The molecule has 2 aromatic rings. The summed E-state index contributed by atoms with van der Waals surface area (Å²) in [5, 5.41) is 11.5. The van der Waals surface area contributed by atoms with Crippen molar-refractivity contribution in [1.82, 2.24) is 30.1 Å². The van der Waals surface area contributed by atoms with Crippen LogP contribution in [0.25, 0.3) is 5.69 Å². The van der Waals surface area contributed by atoms with Gasteiger partial charge in [0.05, 0.1) is 18.4 Å². The van der Waals surface area contributed by atoms with E-state index >= 15 is 0 Å². The van der Waals surface area contributed by atoms with Crippen molar-refractivity contribution in [2.75, 3.05) is 7.05 Å². The predicted octanol–water partition coefficient (Wildman–Crippen LogP) is 2.84. The average molecular weight is 340 g/mol. The van der Waals surface area contributed by atoms with Crippen LogP contribution in [-0.2, 0) is 12.7 Å². The molecule has 1 aliphatic carbocycles. The Balaban J connectivity index is 1.75. The van der Waals surface area contributed by atoms with E-state index in [-0.39, 0.29) is 0 Å². The van der Waals surface area contributed by atoms with Gasteiger partial charge in [-0.15, -0.1) is 5.10 Å². The van der Waals surface area contributed by atoms with Crippen molar-refractivity contribution in [3.05, 3.63) is 29.8 Å². The fourth-order valence-electron chi connectivity index (χ4n) is 3.06. The van der Waals surface area contributed by atoms with Crippen molar-refractivity contribution in [2.24, 2.45) is 0 Å². The molecular formula is C15H19F3N6. The number of alkyl halides is 3. The molecule has 0 spiro atoms. The maximum absolute atomic E-state index is 12.6. The summed E-state index contributed by atoms with van der Waals surface area (Å²) in [6.07, 6.45) is 2.72. The zero-order chi connectivity index (χ0) is 17.2. The lowest BCUT2D eigenvalue weighted by Gasteiger charge is -2.30. The van der Waals surface area contributed by atoms with E-state index in [2.05, 4.69) is 25.4 Å². The lowest BCUT2D eigenvalue weighted by Crippen LogP contribution is -2.33. The molecule has 24 heavy (non-hydrogen) atoms. The first-order valence-corrected chi connectivity index (χ1v) is 7.96. The molecule has 0 bridgehead atoms. The Hall–Kier alpha value is -2.03. The van der Waals surface area contributed by atoms with Crippen molar-refractivity contribution >= 4 is 0 Å². The fraction of sp³-hybridized carbons (Fsp3) is 0.600. The SMILES string of the molecule is CN(Cc1nnnn1-c1ccc(C(F)(F)F)nc1)C1CCCCC1. The summed E-state index contributed by atoms with van der Waals surface area (Å²) in [4.78, 5) is 5.67. The molecule has 0 aromatic carbocycles. The molecule has 2 heterocycles. The minimum Gasteiger partial charge on any atom is -0.296 e. The van der Waals surface area contributed by atoms with E-state index in [1.807, 2.05) is 7.05 Å². The maximum atomic E-state index is 12.6. The third kappa shape index (κ3) is 3.72. The zero-order valence-electron chi connectivity index (χ0n) is 13.4. The van der Waals surface area contributed by atoms with E-state index in [4.69, 9.17) is 0 Å². The largest absolute Gasteiger partial charge is 0.433 e. The van der Waals surface area contributed by atoms with Gasteiger partial charge in [0.15, 0.2) is 5.82 Å². The molecule has 0 radical (unpaired) electrons. The Bertz CT molecular complexity index is 661. The molecule has 0 saturated heterocycles. The van der Waals surface area contributed by atoms with Crippen molar-refractivity contribution in [2.45, 2.75) is 50.9 Å². The number of pyridine rings is 1. The van der Waals surface area contributed by atoms with Gasteiger partial charge in [0.25, 0.3) is 0 Å². The van der Waals surface area contributed by atoms with Crippen LogP contribution in [0.3, 0.4) is 0 Å². The third-order valence-electron chi connectivity index (χ3n) is 4.41. The molecule has 2 aromatic heterocycles. The number of nitrogens with zero attached hydrogens (tertiary/aromatic N) is 6. The fourth-order valence-corrected chi connectivity index (χ4v) is 3.06.